The molecule has 2 N–H and O–H groups in total. The summed E-state index contributed by atoms with van der Waals surface area (Å²) in [6.45, 7) is 0.788. The van der Waals surface area contributed by atoms with Crippen molar-refractivity contribution in [2.24, 2.45) is 0 Å². The standard InChI is InChI=1S/C17H20ClN3O3/c18-13-5-2-1-4-11(13)12-10-14(12)20-17(24)19-8-3-9-21-15(22)6-7-16(21)23/h1-2,4-5,12,14H,3,6-10H2,(H2,19,20,24)/t12-,14+/m1/s1. The number of halogens is 1. The Morgan fingerprint density at radius 1 is 1.21 bits per heavy atom. The normalized spacial score (nSPS) is 22.6. The smallest absolute Gasteiger partial charge is 0.315 e. The van der Waals surface area contributed by atoms with E-state index in [4.69, 9.17) is 11.6 Å². The zero-order chi connectivity index (χ0) is 17.1. The molecule has 1 heterocycles. The van der Waals surface area contributed by atoms with Crippen LogP contribution in [0.5, 0.6) is 0 Å². The lowest BCUT2D eigenvalue weighted by atomic mass is 10.1. The second kappa shape index (κ2) is 7.21. The molecule has 2 atom stereocenters. The summed E-state index contributed by atoms with van der Waals surface area (Å²) in [4.78, 5) is 36.1. The average Bonchev–Trinajstić information content (AvgIpc) is 3.23. The van der Waals surface area contributed by atoms with Crippen LogP contribution >= 0.6 is 11.6 Å². The third-order valence-corrected chi connectivity index (χ3v) is 4.75. The number of carbonyl (C=O) groups is 3. The van der Waals surface area contributed by atoms with Crippen molar-refractivity contribution in [1.29, 1.82) is 0 Å². The number of rotatable bonds is 6. The number of imide groups is 1. The monoisotopic (exact) mass is 349 g/mol. The van der Waals surface area contributed by atoms with Crippen LogP contribution in [0.15, 0.2) is 24.3 Å². The van der Waals surface area contributed by atoms with Gasteiger partial charge in [-0.25, -0.2) is 4.79 Å². The van der Waals surface area contributed by atoms with Crippen molar-refractivity contribution >= 4 is 29.4 Å². The van der Waals surface area contributed by atoms with Crippen LogP contribution in [-0.2, 0) is 9.59 Å². The molecule has 6 nitrogen and oxygen atoms in total. The first-order valence-electron chi connectivity index (χ1n) is 8.18. The van der Waals surface area contributed by atoms with Crippen LogP contribution in [0.1, 0.15) is 37.2 Å². The minimum absolute atomic E-state index is 0.103. The van der Waals surface area contributed by atoms with E-state index in [0.29, 0.717) is 32.4 Å². The molecule has 7 heteroatoms. The molecule has 2 fully saturated rings. The molecule has 1 aliphatic carbocycles. The van der Waals surface area contributed by atoms with E-state index < -0.39 is 0 Å². The van der Waals surface area contributed by atoms with Crippen LogP contribution < -0.4 is 10.6 Å². The molecule has 2 aliphatic rings. The van der Waals surface area contributed by atoms with Gasteiger partial charge in [-0.1, -0.05) is 29.8 Å². The number of urea groups is 1. The van der Waals surface area contributed by atoms with Gasteiger partial charge in [-0.2, -0.15) is 0 Å². The van der Waals surface area contributed by atoms with Crippen LogP contribution in [-0.4, -0.2) is 41.9 Å². The molecule has 4 amide bonds. The molecule has 0 bridgehead atoms. The Morgan fingerprint density at radius 3 is 2.62 bits per heavy atom. The maximum atomic E-state index is 11.9. The highest BCUT2D eigenvalue weighted by atomic mass is 35.5. The van der Waals surface area contributed by atoms with Gasteiger partial charge in [0.25, 0.3) is 0 Å². The first-order valence-corrected chi connectivity index (χ1v) is 8.56. The van der Waals surface area contributed by atoms with Gasteiger partial charge in [-0.15, -0.1) is 0 Å². The van der Waals surface area contributed by atoms with Crippen molar-refractivity contribution in [3.8, 4) is 0 Å². The van der Waals surface area contributed by atoms with Gasteiger partial charge >= 0.3 is 6.03 Å². The SMILES string of the molecule is O=C(NCCCN1C(=O)CCC1=O)N[C@H]1C[C@@H]1c1ccccc1Cl. The maximum absolute atomic E-state index is 11.9. The number of hydrogen-bond acceptors (Lipinski definition) is 3. The van der Waals surface area contributed by atoms with Crippen LogP contribution in [0.4, 0.5) is 4.79 Å². The van der Waals surface area contributed by atoms with Crippen LogP contribution in [0.25, 0.3) is 0 Å². The van der Waals surface area contributed by atoms with Gasteiger partial charge in [0.2, 0.25) is 11.8 Å². The molecule has 128 valence electrons. The van der Waals surface area contributed by atoms with E-state index in [2.05, 4.69) is 10.6 Å². The minimum Gasteiger partial charge on any atom is -0.338 e. The van der Waals surface area contributed by atoms with Gasteiger partial charge in [-0.3, -0.25) is 14.5 Å². The number of benzene rings is 1. The molecular formula is C17H20ClN3O3. The topological polar surface area (TPSA) is 78.5 Å². The molecule has 0 radical (unpaired) electrons. The van der Waals surface area contributed by atoms with Crippen LogP contribution in [0.3, 0.4) is 0 Å². The van der Waals surface area contributed by atoms with Gasteiger partial charge in [-0.05, 0) is 24.5 Å². The Labute approximate surface area is 145 Å². The molecule has 0 unspecified atom stereocenters. The molecular weight excluding hydrogens is 330 g/mol. The fourth-order valence-corrected chi connectivity index (χ4v) is 3.28. The molecule has 1 saturated carbocycles. The second-order valence-electron chi connectivity index (χ2n) is 6.16. The summed E-state index contributed by atoms with van der Waals surface area (Å²) in [5.74, 6) is 0.0271. The third kappa shape index (κ3) is 3.87. The van der Waals surface area contributed by atoms with Gasteiger partial charge < -0.3 is 10.6 Å². The van der Waals surface area contributed by atoms with E-state index in [9.17, 15) is 14.4 Å². The van der Waals surface area contributed by atoms with Gasteiger partial charge in [0, 0.05) is 42.9 Å². The van der Waals surface area contributed by atoms with Crippen LogP contribution in [0, 0.1) is 0 Å². The summed E-state index contributed by atoms with van der Waals surface area (Å²) in [5.41, 5.74) is 1.07. The molecule has 0 spiro atoms. The maximum Gasteiger partial charge on any atom is 0.315 e. The molecule has 3 rings (SSSR count). The van der Waals surface area contributed by atoms with Gasteiger partial charge in [0.15, 0.2) is 0 Å². The summed E-state index contributed by atoms with van der Waals surface area (Å²) in [6.07, 6.45) is 2.05. The lowest BCUT2D eigenvalue weighted by Gasteiger charge is -2.14. The largest absolute Gasteiger partial charge is 0.338 e. The summed E-state index contributed by atoms with van der Waals surface area (Å²) >= 11 is 6.16. The van der Waals surface area contributed by atoms with Crippen molar-refractivity contribution in [3.05, 3.63) is 34.9 Å². The Hall–Kier alpha value is -2.08. The zero-order valence-corrected chi connectivity index (χ0v) is 14.0. The number of carbonyl (C=O) groups excluding carboxylic acids is 3. The molecule has 1 aromatic carbocycles. The fourth-order valence-electron chi connectivity index (χ4n) is 3.00. The zero-order valence-electron chi connectivity index (χ0n) is 13.3. The predicted octanol–water partition coefficient (Wildman–Crippen LogP) is 2.03. The number of nitrogens with zero attached hydrogens (tertiary/aromatic N) is 1. The highest BCUT2D eigenvalue weighted by Gasteiger charge is 2.40. The number of amides is 4. The third-order valence-electron chi connectivity index (χ3n) is 4.41. The van der Waals surface area contributed by atoms with E-state index in [1.165, 1.54) is 4.90 Å². The van der Waals surface area contributed by atoms with Crippen LogP contribution in [0.2, 0.25) is 5.02 Å². The highest BCUT2D eigenvalue weighted by Crippen LogP contribution is 2.43. The van der Waals surface area contributed by atoms with E-state index >= 15 is 0 Å². The van der Waals surface area contributed by atoms with E-state index in [1.54, 1.807) is 0 Å². The van der Waals surface area contributed by atoms with Crippen molar-refractivity contribution in [1.82, 2.24) is 15.5 Å². The Kier molecular flexibility index (Phi) is 5.04. The lowest BCUT2D eigenvalue weighted by Crippen LogP contribution is -2.39. The van der Waals surface area contributed by atoms with Crippen molar-refractivity contribution in [3.63, 3.8) is 0 Å². The first-order chi connectivity index (χ1) is 11.6. The fraction of sp³-hybridized carbons (Fsp3) is 0.471. The summed E-state index contributed by atoms with van der Waals surface area (Å²) in [7, 11) is 0. The molecule has 1 saturated heterocycles. The van der Waals surface area contributed by atoms with Crippen molar-refractivity contribution in [2.75, 3.05) is 13.1 Å². The summed E-state index contributed by atoms with van der Waals surface area (Å²) in [6, 6.07) is 7.54. The summed E-state index contributed by atoms with van der Waals surface area (Å²) in [5, 5.41) is 6.41. The predicted molar refractivity (Wildman–Crippen MR) is 89.7 cm³/mol. The molecule has 1 aliphatic heterocycles. The van der Waals surface area contributed by atoms with Gasteiger partial charge in [0.1, 0.15) is 0 Å². The highest BCUT2D eigenvalue weighted by molar-refractivity contribution is 6.31. The van der Waals surface area contributed by atoms with Crippen molar-refractivity contribution in [2.45, 2.75) is 37.6 Å². The number of likely N-dealkylation sites (tertiary alicyclic amines) is 1. The quantitative estimate of drug-likeness (QED) is 0.609. The number of nitrogens with one attached hydrogen (secondary N) is 2. The second-order valence-corrected chi connectivity index (χ2v) is 6.57. The Bertz CT molecular complexity index is 648. The average molecular weight is 350 g/mol. The van der Waals surface area contributed by atoms with Crippen molar-refractivity contribution < 1.29 is 14.4 Å². The molecule has 24 heavy (non-hydrogen) atoms. The lowest BCUT2D eigenvalue weighted by molar-refractivity contribution is -0.138. The van der Waals surface area contributed by atoms with E-state index in [0.717, 1.165) is 17.0 Å². The molecule has 1 aromatic rings. The first kappa shape index (κ1) is 16.8. The van der Waals surface area contributed by atoms with E-state index in [-0.39, 0.29) is 29.8 Å². The number of hydrogen-bond donors (Lipinski definition) is 2. The Morgan fingerprint density at radius 2 is 1.92 bits per heavy atom. The summed E-state index contributed by atoms with van der Waals surface area (Å²) < 4.78 is 0. The molecule has 0 aromatic heterocycles. The van der Waals surface area contributed by atoms with Gasteiger partial charge in [0.05, 0.1) is 0 Å². The Balaban J connectivity index is 1.35. The minimum atomic E-state index is -0.228. The van der Waals surface area contributed by atoms with E-state index in [1.807, 2.05) is 24.3 Å².